The summed E-state index contributed by atoms with van der Waals surface area (Å²) in [5, 5.41) is 9.27. The van der Waals surface area contributed by atoms with Gasteiger partial charge >= 0.3 is 5.97 Å². The predicted octanol–water partition coefficient (Wildman–Crippen LogP) is 2.63. The van der Waals surface area contributed by atoms with E-state index < -0.39 is 11.9 Å². The van der Waals surface area contributed by atoms with Crippen LogP contribution in [0.2, 0.25) is 5.02 Å². The highest BCUT2D eigenvalue weighted by atomic mass is 35.5. The van der Waals surface area contributed by atoms with Crippen molar-refractivity contribution in [2.45, 2.75) is 13.5 Å². The van der Waals surface area contributed by atoms with Crippen molar-refractivity contribution in [3.8, 4) is 0 Å². The minimum Gasteiger partial charge on any atom is -0.481 e. The summed E-state index contributed by atoms with van der Waals surface area (Å²) in [5.41, 5.74) is 0.659. The van der Waals surface area contributed by atoms with Crippen molar-refractivity contribution in [1.29, 1.82) is 0 Å². The first-order valence-electron chi connectivity index (χ1n) is 5.25. The fraction of sp³-hybridized carbons (Fsp3) is 0.417. The molecule has 0 aliphatic carbocycles. The van der Waals surface area contributed by atoms with E-state index in [1.165, 1.54) is 18.2 Å². The summed E-state index contributed by atoms with van der Waals surface area (Å²) in [6, 6.07) is 4.16. The molecule has 3 nitrogen and oxygen atoms in total. The van der Waals surface area contributed by atoms with Gasteiger partial charge in [-0.3, -0.25) is 4.79 Å². The molecule has 17 heavy (non-hydrogen) atoms. The van der Waals surface area contributed by atoms with Gasteiger partial charge in [0.2, 0.25) is 0 Å². The number of hydrogen-bond acceptors (Lipinski definition) is 2. The Bertz CT molecular complexity index is 411. The molecule has 0 bridgehead atoms. The van der Waals surface area contributed by atoms with Crippen LogP contribution in [-0.2, 0) is 11.3 Å². The van der Waals surface area contributed by atoms with E-state index in [9.17, 15) is 9.18 Å². The van der Waals surface area contributed by atoms with Crippen LogP contribution in [0.1, 0.15) is 12.5 Å². The number of aliphatic carboxylic acids is 1. The molecule has 0 saturated heterocycles. The van der Waals surface area contributed by atoms with E-state index in [4.69, 9.17) is 16.7 Å². The Kier molecular flexibility index (Phi) is 4.90. The van der Waals surface area contributed by atoms with E-state index in [1.54, 1.807) is 18.9 Å². The lowest BCUT2D eigenvalue weighted by Crippen LogP contribution is -2.28. The second-order valence-electron chi connectivity index (χ2n) is 4.17. The normalized spacial score (nSPS) is 12.8. The van der Waals surface area contributed by atoms with Crippen molar-refractivity contribution in [3.05, 3.63) is 34.6 Å². The molecular formula is C12H15ClFNO2. The summed E-state index contributed by atoms with van der Waals surface area (Å²) in [6.45, 7) is 2.45. The highest BCUT2D eigenvalue weighted by Gasteiger charge is 2.14. The highest BCUT2D eigenvalue weighted by Crippen LogP contribution is 2.18. The Morgan fingerprint density at radius 1 is 1.59 bits per heavy atom. The van der Waals surface area contributed by atoms with Crippen molar-refractivity contribution >= 4 is 17.6 Å². The Morgan fingerprint density at radius 3 is 2.82 bits per heavy atom. The molecule has 0 aliphatic rings. The molecule has 5 heteroatoms. The zero-order valence-electron chi connectivity index (χ0n) is 9.78. The van der Waals surface area contributed by atoms with Gasteiger partial charge in [0.25, 0.3) is 0 Å². The Morgan fingerprint density at radius 2 is 2.24 bits per heavy atom. The monoisotopic (exact) mass is 259 g/mol. The zero-order valence-corrected chi connectivity index (χ0v) is 10.5. The standard InChI is InChI=1S/C12H15ClFNO2/c1-8(12(16)17)6-15(2)7-9-5-10(14)3-4-11(9)13/h3-5,8H,6-7H2,1-2H3,(H,16,17). The SMILES string of the molecule is CC(CN(C)Cc1cc(F)ccc1Cl)C(=O)O. The number of halogens is 2. The molecule has 0 amide bonds. The number of carboxylic acids is 1. The highest BCUT2D eigenvalue weighted by molar-refractivity contribution is 6.31. The van der Waals surface area contributed by atoms with Crippen LogP contribution in [0.3, 0.4) is 0 Å². The largest absolute Gasteiger partial charge is 0.481 e. The van der Waals surface area contributed by atoms with Gasteiger partial charge in [0.05, 0.1) is 5.92 Å². The summed E-state index contributed by atoms with van der Waals surface area (Å²) >= 11 is 5.93. The molecule has 0 radical (unpaired) electrons. The molecule has 94 valence electrons. The van der Waals surface area contributed by atoms with Crippen LogP contribution in [-0.4, -0.2) is 29.6 Å². The van der Waals surface area contributed by atoms with Crippen molar-refractivity contribution in [1.82, 2.24) is 4.90 Å². The van der Waals surface area contributed by atoms with Crippen LogP contribution < -0.4 is 0 Å². The third kappa shape index (κ3) is 4.32. The molecule has 1 aromatic rings. The first kappa shape index (κ1) is 13.9. The van der Waals surface area contributed by atoms with E-state index in [1.807, 2.05) is 0 Å². The van der Waals surface area contributed by atoms with Gasteiger partial charge in [0.15, 0.2) is 0 Å². The number of rotatable bonds is 5. The van der Waals surface area contributed by atoms with E-state index in [0.717, 1.165) is 0 Å². The van der Waals surface area contributed by atoms with E-state index in [-0.39, 0.29) is 5.82 Å². The van der Waals surface area contributed by atoms with Gasteiger partial charge in [0.1, 0.15) is 5.82 Å². The third-order valence-electron chi connectivity index (χ3n) is 2.46. The van der Waals surface area contributed by atoms with E-state index >= 15 is 0 Å². The maximum absolute atomic E-state index is 13.0. The lowest BCUT2D eigenvalue weighted by atomic mass is 10.1. The number of hydrogen-bond donors (Lipinski definition) is 1. The van der Waals surface area contributed by atoms with E-state index in [2.05, 4.69) is 0 Å². The first-order valence-corrected chi connectivity index (χ1v) is 5.63. The summed E-state index contributed by atoms with van der Waals surface area (Å²) in [5.74, 6) is -1.65. The lowest BCUT2D eigenvalue weighted by molar-refractivity contribution is -0.141. The van der Waals surface area contributed by atoms with Crippen LogP contribution >= 0.6 is 11.6 Å². The second kappa shape index (κ2) is 5.98. The van der Waals surface area contributed by atoms with Gasteiger partial charge in [-0.25, -0.2) is 4.39 Å². The van der Waals surface area contributed by atoms with E-state index in [0.29, 0.717) is 23.7 Å². The minimum atomic E-state index is -0.845. The average molecular weight is 260 g/mol. The molecule has 1 N–H and O–H groups in total. The van der Waals surface area contributed by atoms with Crippen LogP contribution in [0.25, 0.3) is 0 Å². The first-order chi connectivity index (χ1) is 7.90. The average Bonchev–Trinajstić information content (AvgIpc) is 2.23. The molecule has 0 heterocycles. The fourth-order valence-corrected chi connectivity index (χ4v) is 1.74. The molecule has 0 saturated carbocycles. The molecule has 0 spiro atoms. The van der Waals surface area contributed by atoms with Crippen LogP contribution in [0.4, 0.5) is 4.39 Å². The molecule has 0 aliphatic heterocycles. The van der Waals surface area contributed by atoms with Crippen molar-refractivity contribution in [2.75, 3.05) is 13.6 Å². The van der Waals surface area contributed by atoms with Gasteiger partial charge in [-0.15, -0.1) is 0 Å². The molecule has 0 aromatic heterocycles. The topological polar surface area (TPSA) is 40.5 Å². The second-order valence-corrected chi connectivity index (χ2v) is 4.58. The predicted molar refractivity (Wildman–Crippen MR) is 64.5 cm³/mol. The molecule has 1 atom stereocenters. The van der Waals surface area contributed by atoms with Crippen LogP contribution in [0, 0.1) is 11.7 Å². The summed E-state index contributed by atoms with van der Waals surface area (Å²) in [4.78, 5) is 12.5. The molecule has 1 rings (SSSR count). The summed E-state index contributed by atoms with van der Waals surface area (Å²) in [7, 11) is 1.78. The van der Waals surface area contributed by atoms with Crippen molar-refractivity contribution < 1.29 is 14.3 Å². The lowest BCUT2D eigenvalue weighted by Gasteiger charge is -2.19. The van der Waals surface area contributed by atoms with Gasteiger partial charge in [-0.1, -0.05) is 18.5 Å². The smallest absolute Gasteiger partial charge is 0.307 e. The molecular weight excluding hydrogens is 245 g/mol. The Balaban J connectivity index is 2.64. The van der Waals surface area contributed by atoms with Crippen molar-refractivity contribution in [3.63, 3.8) is 0 Å². The maximum atomic E-state index is 13.0. The number of nitrogens with zero attached hydrogens (tertiary/aromatic N) is 1. The van der Waals surface area contributed by atoms with Gasteiger partial charge < -0.3 is 10.0 Å². The van der Waals surface area contributed by atoms with Crippen molar-refractivity contribution in [2.24, 2.45) is 5.92 Å². The molecule has 1 aromatic carbocycles. The molecule has 1 unspecified atom stereocenters. The van der Waals surface area contributed by atoms with Crippen LogP contribution in [0.15, 0.2) is 18.2 Å². The number of carboxylic acid groups (broad SMARTS) is 1. The van der Waals surface area contributed by atoms with Gasteiger partial charge in [0, 0.05) is 18.1 Å². The van der Waals surface area contributed by atoms with Crippen LogP contribution in [0.5, 0.6) is 0 Å². The summed E-state index contributed by atoms with van der Waals surface area (Å²) < 4.78 is 13.0. The van der Waals surface area contributed by atoms with Gasteiger partial charge in [-0.05, 0) is 30.8 Å². The maximum Gasteiger partial charge on any atom is 0.307 e. The summed E-state index contributed by atoms with van der Waals surface area (Å²) in [6.07, 6.45) is 0. The minimum absolute atomic E-state index is 0.343. The molecule has 0 fully saturated rings. The Hall–Kier alpha value is -1.13. The number of benzene rings is 1. The number of carbonyl (C=O) groups is 1. The Labute approximate surface area is 105 Å². The van der Waals surface area contributed by atoms with Gasteiger partial charge in [-0.2, -0.15) is 0 Å². The zero-order chi connectivity index (χ0) is 13.0. The quantitative estimate of drug-likeness (QED) is 0.884. The third-order valence-corrected chi connectivity index (χ3v) is 2.82. The fourth-order valence-electron chi connectivity index (χ4n) is 1.57.